The first-order valence-corrected chi connectivity index (χ1v) is 7.60. The van der Waals surface area contributed by atoms with Crippen LogP contribution in [0.5, 0.6) is 0 Å². The minimum Gasteiger partial charge on any atom is -0.365 e. The molecule has 1 atom stereocenters. The minimum absolute atomic E-state index is 0. The van der Waals surface area contributed by atoms with Crippen molar-refractivity contribution in [3.8, 4) is 0 Å². The quantitative estimate of drug-likeness (QED) is 0.846. The Labute approximate surface area is 139 Å². The fourth-order valence-corrected chi connectivity index (χ4v) is 3.40. The number of benzene rings is 2. The summed E-state index contributed by atoms with van der Waals surface area (Å²) in [5.74, 6) is 0.570. The molecule has 118 valence electrons. The zero-order valence-electron chi connectivity index (χ0n) is 13.2. The van der Waals surface area contributed by atoms with Crippen LogP contribution in [0.25, 0.3) is 0 Å². The summed E-state index contributed by atoms with van der Waals surface area (Å²) in [6, 6.07) is 21.3. The van der Waals surface area contributed by atoms with Crippen LogP contribution in [0.15, 0.2) is 60.7 Å². The van der Waals surface area contributed by atoms with Gasteiger partial charge in [-0.2, -0.15) is 0 Å². The van der Waals surface area contributed by atoms with E-state index < -0.39 is 0 Å². The van der Waals surface area contributed by atoms with E-state index in [4.69, 9.17) is 4.74 Å². The van der Waals surface area contributed by atoms with Crippen LogP contribution in [0, 0.1) is 5.92 Å². The maximum atomic E-state index is 6.40. The van der Waals surface area contributed by atoms with Gasteiger partial charge in [0.2, 0.25) is 0 Å². The summed E-state index contributed by atoms with van der Waals surface area (Å²) in [6.45, 7) is 1.89. The molecule has 1 unspecified atom stereocenters. The Morgan fingerprint density at radius 2 is 1.45 bits per heavy atom. The summed E-state index contributed by atoms with van der Waals surface area (Å²) in [7, 11) is 4.26. The number of hydrogen-bond donors (Lipinski definition) is 0. The Bertz CT molecular complexity index is 531. The van der Waals surface area contributed by atoms with Crippen molar-refractivity contribution in [2.45, 2.75) is 12.0 Å². The van der Waals surface area contributed by atoms with Crippen LogP contribution in [0.1, 0.15) is 17.5 Å². The first-order valence-electron chi connectivity index (χ1n) is 7.60. The second kappa shape index (κ2) is 7.28. The first kappa shape index (κ1) is 17.0. The molecule has 0 amide bonds. The largest absolute Gasteiger partial charge is 0.365 e. The van der Waals surface area contributed by atoms with Gasteiger partial charge in [-0.15, -0.1) is 12.4 Å². The maximum Gasteiger partial charge on any atom is 0.118 e. The van der Waals surface area contributed by atoms with Gasteiger partial charge in [-0.3, -0.25) is 0 Å². The summed E-state index contributed by atoms with van der Waals surface area (Å²) < 4.78 is 6.40. The highest BCUT2D eigenvalue weighted by Gasteiger charge is 2.43. The van der Waals surface area contributed by atoms with Crippen LogP contribution in [-0.2, 0) is 10.3 Å². The van der Waals surface area contributed by atoms with Gasteiger partial charge in [-0.05, 0) is 37.6 Å². The van der Waals surface area contributed by atoms with E-state index in [-0.39, 0.29) is 18.0 Å². The third-order valence-corrected chi connectivity index (χ3v) is 4.25. The first-order chi connectivity index (χ1) is 10.2. The number of ether oxygens (including phenoxy) is 1. The van der Waals surface area contributed by atoms with E-state index in [0.29, 0.717) is 5.92 Å². The Kier molecular flexibility index (Phi) is 5.63. The lowest BCUT2D eigenvalue weighted by Gasteiger charge is -2.30. The summed E-state index contributed by atoms with van der Waals surface area (Å²) in [6.07, 6.45) is 1.04. The zero-order valence-corrected chi connectivity index (χ0v) is 14.1. The molecule has 1 aliphatic rings. The van der Waals surface area contributed by atoms with Crippen molar-refractivity contribution in [3.05, 3.63) is 71.8 Å². The Hall–Kier alpha value is -1.35. The number of nitrogens with zero attached hydrogens (tertiary/aromatic N) is 1. The van der Waals surface area contributed by atoms with Crippen LogP contribution in [0.4, 0.5) is 0 Å². The molecule has 1 fully saturated rings. The van der Waals surface area contributed by atoms with E-state index in [1.807, 2.05) is 0 Å². The van der Waals surface area contributed by atoms with Gasteiger partial charge in [0.1, 0.15) is 5.60 Å². The third-order valence-electron chi connectivity index (χ3n) is 4.25. The molecule has 2 aromatic carbocycles. The lowest BCUT2D eigenvalue weighted by atomic mass is 9.81. The molecule has 22 heavy (non-hydrogen) atoms. The van der Waals surface area contributed by atoms with Crippen LogP contribution in [-0.4, -0.2) is 32.1 Å². The Balaban J connectivity index is 0.00000176. The van der Waals surface area contributed by atoms with Gasteiger partial charge in [-0.1, -0.05) is 60.7 Å². The van der Waals surface area contributed by atoms with E-state index in [1.54, 1.807) is 0 Å². The van der Waals surface area contributed by atoms with Gasteiger partial charge in [-0.25, -0.2) is 0 Å². The summed E-state index contributed by atoms with van der Waals surface area (Å²) in [4.78, 5) is 2.25. The van der Waals surface area contributed by atoms with Gasteiger partial charge in [0, 0.05) is 6.54 Å². The van der Waals surface area contributed by atoms with Crippen LogP contribution in [0.3, 0.4) is 0 Å². The lowest BCUT2D eigenvalue weighted by Crippen LogP contribution is -2.27. The van der Waals surface area contributed by atoms with E-state index in [0.717, 1.165) is 19.6 Å². The highest BCUT2D eigenvalue weighted by atomic mass is 35.5. The molecular formula is C19H24ClNO. The van der Waals surface area contributed by atoms with Crippen molar-refractivity contribution in [3.63, 3.8) is 0 Å². The van der Waals surface area contributed by atoms with Gasteiger partial charge < -0.3 is 9.64 Å². The highest BCUT2D eigenvalue weighted by molar-refractivity contribution is 5.85. The zero-order chi connectivity index (χ0) is 14.7. The molecule has 0 bridgehead atoms. The topological polar surface area (TPSA) is 12.5 Å². The summed E-state index contributed by atoms with van der Waals surface area (Å²) >= 11 is 0. The highest BCUT2D eigenvalue weighted by Crippen LogP contribution is 2.44. The fourth-order valence-electron chi connectivity index (χ4n) is 3.40. The van der Waals surface area contributed by atoms with Crippen molar-refractivity contribution in [2.24, 2.45) is 5.92 Å². The van der Waals surface area contributed by atoms with Crippen molar-refractivity contribution in [2.75, 3.05) is 27.2 Å². The molecule has 0 radical (unpaired) electrons. The maximum absolute atomic E-state index is 6.40. The molecule has 1 heterocycles. The van der Waals surface area contributed by atoms with Gasteiger partial charge in [0.15, 0.2) is 0 Å². The predicted molar refractivity (Wildman–Crippen MR) is 93.5 cm³/mol. The molecule has 0 saturated carbocycles. The molecule has 3 heteroatoms. The monoisotopic (exact) mass is 317 g/mol. The van der Waals surface area contributed by atoms with E-state index in [2.05, 4.69) is 79.7 Å². The van der Waals surface area contributed by atoms with E-state index in [9.17, 15) is 0 Å². The minimum atomic E-state index is -0.288. The molecule has 0 aliphatic carbocycles. The number of rotatable bonds is 4. The standard InChI is InChI=1S/C19H23NO.ClH/c1-20(2)14-16-13-19(21-15-16,17-9-5-3-6-10-17)18-11-7-4-8-12-18;/h3-12,16H,13-15H2,1-2H3;1H. The SMILES string of the molecule is CN(C)CC1COC(c2ccccc2)(c2ccccc2)C1.Cl. The number of halogens is 1. The molecule has 1 aliphatic heterocycles. The van der Waals surface area contributed by atoms with Crippen LogP contribution < -0.4 is 0 Å². The summed E-state index contributed by atoms with van der Waals surface area (Å²) in [5.41, 5.74) is 2.23. The normalized spacial score (nSPS) is 19.9. The van der Waals surface area contributed by atoms with E-state index in [1.165, 1.54) is 11.1 Å². The van der Waals surface area contributed by atoms with Gasteiger partial charge in [0.05, 0.1) is 6.61 Å². The van der Waals surface area contributed by atoms with Crippen molar-refractivity contribution in [1.82, 2.24) is 4.90 Å². The lowest BCUT2D eigenvalue weighted by molar-refractivity contribution is 0.0339. The van der Waals surface area contributed by atoms with Gasteiger partial charge >= 0.3 is 0 Å². The molecule has 2 aromatic rings. The number of hydrogen-bond acceptors (Lipinski definition) is 2. The average molecular weight is 318 g/mol. The second-order valence-corrected chi connectivity index (χ2v) is 6.20. The van der Waals surface area contributed by atoms with E-state index >= 15 is 0 Å². The van der Waals surface area contributed by atoms with Crippen molar-refractivity contribution >= 4 is 12.4 Å². The Morgan fingerprint density at radius 3 is 1.91 bits per heavy atom. The van der Waals surface area contributed by atoms with Crippen molar-refractivity contribution < 1.29 is 4.74 Å². The van der Waals surface area contributed by atoms with Crippen LogP contribution >= 0.6 is 12.4 Å². The molecule has 0 N–H and O–H groups in total. The van der Waals surface area contributed by atoms with Gasteiger partial charge in [0.25, 0.3) is 0 Å². The Morgan fingerprint density at radius 1 is 0.955 bits per heavy atom. The average Bonchev–Trinajstić information content (AvgIpc) is 2.93. The van der Waals surface area contributed by atoms with Crippen LogP contribution in [0.2, 0.25) is 0 Å². The molecule has 1 saturated heterocycles. The molecular weight excluding hydrogens is 294 g/mol. The summed E-state index contributed by atoms with van der Waals surface area (Å²) in [5, 5.41) is 0. The third kappa shape index (κ3) is 3.35. The smallest absolute Gasteiger partial charge is 0.118 e. The molecule has 2 nitrogen and oxygen atoms in total. The fraction of sp³-hybridized carbons (Fsp3) is 0.368. The molecule has 0 spiro atoms. The molecule has 0 aromatic heterocycles. The van der Waals surface area contributed by atoms with Crippen molar-refractivity contribution in [1.29, 1.82) is 0 Å². The molecule has 3 rings (SSSR count). The second-order valence-electron chi connectivity index (χ2n) is 6.20. The predicted octanol–water partition coefficient (Wildman–Crippen LogP) is 3.95.